The minimum atomic E-state index is -0.673. The monoisotopic (exact) mass is 270 g/mol. The number of piperidine rings is 1. The molecule has 0 aromatic heterocycles. The highest BCUT2D eigenvalue weighted by Gasteiger charge is 2.27. The van der Waals surface area contributed by atoms with Gasteiger partial charge in [-0.05, 0) is 30.7 Å². The molecule has 0 spiro atoms. The Labute approximate surface area is 117 Å². The van der Waals surface area contributed by atoms with Crippen LogP contribution in [0.1, 0.15) is 47.0 Å². The maximum Gasteiger partial charge on any atom is 0.303 e. The minimum absolute atomic E-state index is 0.297. The van der Waals surface area contributed by atoms with Gasteiger partial charge in [-0.2, -0.15) is 0 Å². The van der Waals surface area contributed by atoms with Crippen molar-refractivity contribution in [3.8, 4) is 0 Å². The Hall–Kier alpha value is -0.610. The van der Waals surface area contributed by atoms with Crippen LogP contribution in [0.4, 0.5) is 0 Å². The molecule has 0 amide bonds. The quantitative estimate of drug-likeness (QED) is 0.777. The second kappa shape index (κ2) is 7.25. The number of carboxylic acid groups (broad SMARTS) is 1. The third-order valence-electron chi connectivity index (χ3n) is 3.75. The fourth-order valence-corrected chi connectivity index (χ4v) is 2.70. The van der Waals surface area contributed by atoms with E-state index in [9.17, 15) is 4.79 Å². The van der Waals surface area contributed by atoms with Crippen molar-refractivity contribution in [2.24, 2.45) is 11.3 Å². The maximum absolute atomic E-state index is 10.7. The van der Waals surface area contributed by atoms with E-state index < -0.39 is 5.97 Å². The van der Waals surface area contributed by atoms with Gasteiger partial charge in [0.25, 0.3) is 0 Å². The number of carbonyl (C=O) groups is 1. The molecule has 1 heterocycles. The summed E-state index contributed by atoms with van der Waals surface area (Å²) >= 11 is 0. The summed E-state index contributed by atoms with van der Waals surface area (Å²) in [4.78, 5) is 13.1. The van der Waals surface area contributed by atoms with Crippen molar-refractivity contribution in [3.05, 3.63) is 0 Å². The first-order valence-corrected chi connectivity index (χ1v) is 7.47. The Kier molecular flexibility index (Phi) is 6.27. The van der Waals surface area contributed by atoms with Crippen LogP contribution in [-0.2, 0) is 4.79 Å². The third-order valence-corrected chi connectivity index (χ3v) is 3.75. The lowest BCUT2D eigenvalue weighted by atomic mass is 9.89. The molecule has 4 heteroatoms. The first-order valence-electron chi connectivity index (χ1n) is 7.47. The summed E-state index contributed by atoms with van der Waals surface area (Å²) in [6.07, 6.45) is 2.22. The van der Waals surface area contributed by atoms with Crippen LogP contribution in [-0.4, -0.2) is 48.2 Å². The van der Waals surface area contributed by atoms with Crippen molar-refractivity contribution in [2.75, 3.05) is 26.2 Å². The highest BCUT2D eigenvalue weighted by Crippen LogP contribution is 2.22. The zero-order valence-corrected chi connectivity index (χ0v) is 12.9. The van der Waals surface area contributed by atoms with E-state index in [0.29, 0.717) is 23.8 Å². The van der Waals surface area contributed by atoms with Gasteiger partial charge in [-0.3, -0.25) is 4.79 Å². The van der Waals surface area contributed by atoms with Gasteiger partial charge in [0.05, 0.1) is 0 Å². The maximum atomic E-state index is 10.7. The fourth-order valence-electron chi connectivity index (χ4n) is 2.70. The zero-order chi connectivity index (χ0) is 14.5. The van der Waals surface area contributed by atoms with Crippen molar-refractivity contribution < 1.29 is 9.90 Å². The normalized spacial score (nSPS) is 25.5. The lowest BCUT2D eigenvalue weighted by Crippen LogP contribution is -2.50. The Morgan fingerprint density at radius 3 is 2.58 bits per heavy atom. The second-order valence-electron chi connectivity index (χ2n) is 7.02. The van der Waals surface area contributed by atoms with Crippen LogP contribution in [0.3, 0.4) is 0 Å². The molecule has 1 fully saturated rings. The van der Waals surface area contributed by atoms with Gasteiger partial charge in [0.15, 0.2) is 0 Å². The summed E-state index contributed by atoms with van der Waals surface area (Å²) in [6, 6.07) is 0.506. The van der Waals surface area contributed by atoms with Gasteiger partial charge in [0.2, 0.25) is 0 Å². The van der Waals surface area contributed by atoms with Gasteiger partial charge < -0.3 is 15.3 Å². The van der Waals surface area contributed by atoms with Crippen LogP contribution in [0.2, 0.25) is 0 Å². The van der Waals surface area contributed by atoms with E-state index >= 15 is 0 Å². The third kappa shape index (κ3) is 6.92. The highest BCUT2D eigenvalue weighted by molar-refractivity contribution is 5.66. The Morgan fingerprint density at radius 1 is 1.37 bits per heavy atom. The van der Waals surface area contributed by atoms with Crippen LogP contribution in [0.25, 0.3) is 0 Å². The highest BCUT2D eigenvalue weighted by atomic mass is 16.4. The van der Waals surface area contributed by atoms with E-state index in [1.807, 2.05) is 0 Å². The van der Waals surface area contributed by atoms with E-state index in [2.05, 4.69) is 37.9 Å². The first kappa shape index (κ1) is 16.4. The van der Waals surface area contributed by atoms with Crippen LogP contribution in [0, 0.1) is 11.3 Å². The molecule has 0 aliphatic carbocycles. The van der Waals surface area contributed by atoms with Gasteiger partial charge in [0, 0.05) is 32.1 Å². The van der Waals surface area contributed by atoms with E-state index in [0.717, 1.165) is 39.0 Å². The molecule has 0 bridgehead atoms. The number of likely N-dealkylation sites (N-methyl/N-ethyl adjacent to an activating group) is 1. The molecule has 0 saturated carbocycles. The van der Waals surface area contributed by atoms with Gasteiger partial charge >= 0.3 is 5.97 Å². The molecule has 4 nitrogen and oxygen atoms in total. The van der Waals surface area contributed by atoms with E-state index in [1.165, 1.54) is 0 Å². The topological polar surface area (TPSA) is 52.6 Å². The van der Waals surface area contributed by atoms with Crippen molar-refractivity contribution in [1.82, 2.24) is 10.2 Å². The van der Waals surface area contributed by atoms with Crippen molar-refractivity contribution in [2.45, 2.75) is 53.0 Å². The standard InChI is InChI=1S/C15H30N2O2/c1-5-17-9-12(6-7-14(18)19)8-13(10-17)16-11-15(2,3)4/h12-13,16H,5-11H2,1-4H3,(H,18,19). The van der Waals surface area contributed by atoms with Crippen molar-refractivity contribution >= 4 is 5.97 Å². The molecule has 0 aromatic rings. The van der Waals surface area contributed by atoms with E-state index in [-0.39, 0.29) is 0 Å². The van der Waals surface area contributed by atoms with Crippen LogP contribution < -0.4 is 5.32 Å². The molecular formula is C15H30N2O2. The number of hydrogen-bond donors (Lipinski definition) is 2. The molecule has 2 N–H and O–H groups in total. The predicted octanol–water partition coefficient (Wildman–Crippen LogP) is 2.20. The Morgan fingerprint density at radius 2 is 2.05 bits per heavy atom. The minimum Gasteiger partial charge on any atom is -0.481 e. The summed E-state index contributed by atoms with van der Waals surface area (Å²) in [5, 5.41) is 12.5. The van der Waals surface area contributed by atoms with Crippen molar-refractivity contribution in [3.63, 3.8) is 0 Å². The summed E-state index contributed by atoms with van der Waals surface area (Å²) in [5.41, 5.74) is 0.297. The fraction of sp³-hybridized carbons (Fsp3) is 0.933. The summed E-state index contributed by atoms with van der Waals surface area (Å²) in [5.74, 6) is -0.157. The number of carboxylic acids is 1. The molecule has 1 aliphatic rings. The lowest BCUT2D eigenvalue weighted by Gasteiger charge is -2.38. The number of likely N-dealkylation sites (tertiary alicyclic amines) is 1. The lowest BCUT2D eigenvalue weighted by molar-refractivity contribution is -0.137. The Bertz CT molecular complexity index is 286. The number of hydrogen-bond acceptors (Lipinski definition) is 3. The van der Waals surface area contributed by atoms with Gasteiger partial charge in [-0.1, -0.05) is 27.7 Å². The first-order chi connectivity index (χ1) is 8.80. The average molecular weight is 270 g/mol. The SMILES string of the molecule is CCN1CC(CCC(=O)O)CC(NCC(C)(C)C)C1. The predicted molar refractivity (Wildman–Crippen MR) is 78.3 cm³/mol. The summed E-state index contributed by atoms with van der Waals surface area (Å²) < 4.78 is 0. The zero-order valence-electron chi connectivity index (χ0n) is 12.9. The van der Waals surface area contributed by atoms with Gasteiger partial charge in [0.1, 0.15) is 0 Å². The molecule has 1 aliphatic heterocycles. The van der Waals surface area contributed by atoms with E-state index in [1.54, 1.807) is 0 Å². The largest absolute Gasteiger partial charge is 0.481 e. The van der Waals surface area contributed by atoms with Crippen LogP contribution in [0.5, 0.6) is 0 Å². The number of nitrogens with one attached hydrogen (secondary N) is 1. The molecule has 2 unspecified atom stereocenters. The number of rotatable bonds is 6. The molecule has 0 radical (unpaired) electrons. The van der Waals surface area contributed by atoms with Crippen LogP contribution >= 0.6 is 0 Å². The number of nitrogens with zero attached hydrogens (tertiary/aromatic N) is 1. The molecule has 1 rings (SSSR count). The molecule has 112 valence electrons. The van der Waals surface area contributed by atoms with E-state index in [4.69, 9.17) is 5.11 Å². The number of aliphatic carboxylic acids is 1. The van der Waals surface area contributed by atoms with Crippen LogP contribution in [0.15, 0.2) is 0 Å². The van der Waals surface area contributed by atoms with Gasteiger partial charge in [-0.25, -0.2) is 0 Å². The molecule has 19 heavy (non-hydrogen) atoms. The van der Waals surface area contributed by atoms with Crippen molar-refractivity contribution in [1.29, 1.82) is 0 Å². The smallest absolute Gasteiger partial charge is 0.303 e. The molecule has 1 saturated heterocycles. The summed E-state index contributed by atoms with van der Waals surface area (Å²) in [6.45, 7) is 13.1. The second-order valence-corrected chi connectivity index (χ2v) is 7.02. The van der Waals surface area contributed by atoms with Gasteiger partial charge in [-0.15, -0.1) is 0 Å². The average Bonchev–Trinajstić information content (AvgIpc) is 2.33. The molecule has 2 atom stereocenters. The molecule has 0 aromatic carbocycles. The molecular weight excluding hydrogens is 240 g/mol. The summed E-state index contributed by atoms with van der Waals surface area (Å²) in [7, 11) is 0. The Balaban J connectivity index is 2.45.